The van der Waals surface area contributed by atoms with Crippen LogP contribution in [0.4, 0.5) is 0 Å². The summed E-state index contributed by atoms with van der Waals surface area (Å²) in [4.78, 5) is 49.0. The number of carbonyl (C=O) groups is 4. The van der Waals surface area contributed by atoms with Crippen LogP contribution in [0.1, 0.15) is 41.5 Å². The van der Waals surface area contributed by atoms with Crippen LogP contribution in [-0.4, -0.2) is 45.6 Å². The molecule has 0 atom stereocenters. The molecule has 0 aromatic heterocycles. The fraction of sp³-hybridized carbons (Fsp3) is 0.143. The largest absolute Gasteiger partial charge is 0.281 e. The Hall–Kier alpha value is -3.36. The van der Waals surface area contributed by atoms with Gasteiger partial charge < -0.3 is 0 Å². The van der Waals surface area contributed by atoms with Crippen molar-refractivity contribution in [2.75, 3.05) is 0 Å². The number of hydrogen-bond donors (Lipinski definition) is 0. The van der Waals surface area contributed by atoms with Crippen molar-refractivity contribution in [1.82, 2.24) is 10.0 Å². The van der Waals surface area contributed by atoms with E-state index in [1.807, 2.05) is 0 Å². The van der Waals surface area contributed by atoms with Crippen molar-refractivity contribution in [2.24, 2.45) is 10.2 Å². The summed E-state index contributed by atoms with van der Waals surface area (Å²) >= 11 is 11.8. The van der Waals surface area contributed by atoms with Gasteiger partial charge in [0.05, 0.1) is 11.9 Å². The molecule has 0 spiro atoms. The Kier molecular flexibility index (Phi) is 8.18. The molecule has 4 amide bonds. The van der Waals surface area contributed by atoms with Crippen LogP contribution in [-0.2, 0) is 9.59 Å². The zero-order chi connectivity index (χ0) is 23.1. The lowest BCUT2D eigenvalue weighted by Gasteiger charge is -2.15. The molecule has 0 N–H and O–H groups in total. The Balaban J connectivity index is 2.28. The predicted molar refractivity (Wildman–Crippen MR) is 118 cm³/mol. The molecule has 0 saturated carbocycles. The molecule has 0 aliphatic heterocycles. The minimum absolute atomic E-state index is 0.0933. The van der Waals surface area contributed by atoms with Gasteiger partial charge in [-0.1, -0.05) is 35.3 Å². The van der Waals surface area contributed by atoms with Crippen molar-refractivity contribution in [2.45, 2.75) is 20.8 Å². The normalized spacial score (nSPS) is 11.3. The monoisotopic (exact) mass is 460 g/mol. The van der Waals surface area contributed by atoms with Crippen LogP contribution in [0.25, 0.3) is 0 Å². The summed E-state index contributed by atoms with van der Waals surface area (Å²) in [5.41, 5.74) is 0.421. The first kappa shape index (κ1) is 23.9. The van der Waals surface area contributed by atoms with Crippen LogP contribution >= 0.6 is 23.2 Å². The topological polar surface area (TPSA) is 99.5 Å². The van der Waals surface area contributed by atoms with Gasteiger partial charge in [0.25, 0.3) is 11.8 Å². The van der Waals surface area contributed by atoms with Crippen LogP contribution in [0.5, 0.6) is 0 Å². The van der Waals surface area contributed by atoms with Gasteiger partial charge in [-0.3, -0.25) is 19.2 Å². The van der Waals surface area contributed by atoms with E-state index in [4.69, 9.17) is 23.2 Å². The van der Waals surface area contributed by atoms with Crippen LogP contribution in [0.3, 0.4) is 0 Å². The molecule has 31 heavy (non-hydrogen) atoms. The van der Waals surface area contributed by atoms with Gasteiger partial charge in [-0.2, -0.15) is 20.2 Å². The van der Waals surface area contributed by atoms with Gasteiger partial charge in [-0.15, -0.1) is 0 Å². The van der Waals surface area contributed by atoms with E-state index in [-0.39, 0.29) is 16.8 Å². The third-order valence-electron chi connectivity index (χ3n) is 3.74. The summed E-state index contributed by atoms with van der Waals surface area (Å²) in [6.07, 6.45) is 1.09. The summed E-state index contributed by atoms with van der Waals surface area (Å²) in [5, 5.41) is 9.72. The molecule has 0 aliphatic rings. The number of rotatable bonds is 5. The number of hydrazone groups is 2. The summed E-state index contributed by atoms with van der Waals surface area (Å²) in [5.74, 6) is -2.68. The average molecular weight is 461 g/mol. The zero-order valence-corrected chi connectivity index (χ0v) is 18.4. The van der Waals surface area contributed by atoms with Crippen LogP contribution in [0.15, 0.2) is 58.7 Å². The smallest absolute Gasteiger partial charge is 0.273 e. The Morgan fingerprint density at radius 2 is 1.23 bits per heavy atom. The molecule has 0 fully saturated rings. The Labute approximate surface area is 188 Å². The number of imide groups is 2. The second-order valence-corrected chi connectivity index (χ2v) is 7.15. The third-order valence-corrected chi connectivity index (χ3v) is 4.21. The van der Waals surface area contributed by atoms with Crippen molar-refractivity contribution >= 4 is 58.8 Å². The molecular weight excluding hydrogens is 443 g/mol. The molecular formula is C21H18Cl2N4O4. The standard InChI is InChI=1S/C21H18Cl2N4O4/c1-13(25-27(15(3)29)21(31)17-7-5-9-19(23)11-17)12-24-26(14(2)28)20(30)16-6-4-8-18(22)10-16/h4-12H,1-3H3/b24-12+,25-13-. The van der Waals surface area contributed by atoms with Gasteiger partial charge in [0.1, 0.15) is 0 Å². The molecule has 160 valence electrons. The van der Waals surface area contributed by atoms with Crippen molar-refractivity contribution < 1.29 is 19.2 Å². The second-order valence-electron chi connectivity index (χ2n) is 6.28. The SMILES string of the molecule is CC(=O)N(/N=C(C)\C=N\N(C(C)=O)C(=O)c1cccc(Cl)c1)C(=O)c1cccc(Cl)c1. The van der Waals surface area contributed by atoms with Crippen LogP contribution < -0.4 is 0 Å². The summed E-state index contributed by atoms with van der Waals surface area (Å²) in [7, 11) is 0. The van der Waals surface area contributed by atoms with E-state index < -0.39 is 23.6 Å². The summed E-state index contributed by atoms with van der Waals surface area (Å²) < 4.78 is 0. The lowest BCUT2D eigenvalue weighted by atomic mass is 10.2. The molecule has 10 heteroatoms. The van der Waals surface area contributed by atoms with Crippen molar-refractivity contribution in [3.63, 3.8) is 0 Å². The molecule has 0 aliphatic carbocycles. The maximum Gasteiger partial charge on any atom is 0.281 e. The van der Waals surface area contributed by atoms with Gasteiger partial charge in [0.2, 0.25) is 11.8 Å². The first-order valence-electron chi connectivity index (χ1n) is 8.90. The highest BCUT2D eigenvalue weighted by Gasteiger charge is 2.21. The molecule has 2 rings (SSSR count). The maximum atomic E-state index is 12.6. The van der Waals surface area contributed by atoms with Gasteiger partial charge in [-0.05, 0) is 43.3 Å². The van der Waals surface area contributed by atoms with Gasteiger partial charge in [0.15, 0.2) is 0 Å². The molecule has 0 radical (unpaired) electrons. The predicted octanol–water partition coefficient (Wildman–Crippen LogP) is 4.03. The number of halogens is 2. The van der Waals surface area contributed by atoms with E-state index in [0.717, 1.165) is 13.1 Å². The van der Waals surface area contributed by atoms with Gasteiger partial charge in [0, 0.05) is 35.0 Å². The number of hydrogen-bond acceptors (Lipinski definition) is 6. The highest BCUT2D eigenvalue weighted by Crippen LogP contribution is 2.14. The van der Waals surface area contributed by atoms with E-state index in [1.165, 1.54) is 38.1 Å². The Morgan fingerprint density at radius 1 is 0.774 bits per heavy atom. The number of amides is 4. The highest BCUT2D eigenvalue weighted by molar-refractivity contribution is 6.32. The van der Waals surface area contributed by atoms with Crippen LogP contribution in [0, 0.1) is 0 Å². The van der Waals surface area contributed by atoms with E-state index in [0.29, 0.717) is 20.1 Å². The van der Waals surface area contributed by atoms with Crippen molar-refractivity contribution in [3.05, 3.63) is 69.7 Å². The maximum absolute atomic E-state index is 12.6. The van der Waals surface area contributed by atoms with Gasteiger partial charge >= 0.3 is 0 Å². The summed E-state index contributed by atoms with van der Waals surface area (Å²) in [6, 6.07) is 12.1. The fourth-order valence-corrected chi connectivity index (χ4v) is 2.73. The van der Waals surface area contributed by atoms with Crippen molar-refractivity contribution in [1.29, 1.82) is 0 Å². The number of nitrogens with zero attached hydrogens (tertiary/aromatic N) is 4. The second kappa shape index (κ2) is 10.6. The van der Waals surface area contributed by atoms with E-state index >= 15 is 0 Å². The third kappa shape index (κ3) is 6.56. The van der Waals surface area contributed by atoms with E-state index in [2.05, 4.69) is 10.2 Å². The lowest BCUT2D eigenvalue weighted by molar-refractivity contribution is -0.127. The first-order chi connectivity index (χ1) is 14.6. The number of benzene rings is 2. The summed E-state index contributed by atoms with van der Waals surface area (Å²) in [6.45, 7) is 3.78. The van der Waals surface area contributed by atoms with E-state index in [9.17, 15) is 19.2 Å². The molecule has 0 heterocycles. The Bertz CT molecular complexity index is 1100. The average Bonchev–Trinajstić information content (AvgIpc) is 2.71. The number of carbonyl (C=O) groups excluding carboxylic acids is 4. The Morgan fingerprint density at radius 3 is 1.65 bits per heavy atom. The van der Waals surface area contributed by atoms with Crippen LogP contribution in [0.2, 0.25) is 10.0 Å². The molecule has 8 nitrogen and oxygen atoms in total. The lowest BCUT2D eigenvalue weighted by Crippen LogP contribution is -2.32. The van der Waals surface area contributed by atoms with Gasteiger partial charge in [-0.25, -0.2) is 0 Å². The highest BCUT2D eigenvalue weighted by atomic mass is 35.5. The first-order valence-corrected chi connectivity index (χ1v) is 9.66. The quantitative estimate of drug-likeness (QED) is 0.496. The molecule has 0 bridgehead atoms. The molecule has 2 aromatic carbocycles. The molecule has 0 saturated heterocycles. The minimum atomic E-state index is -0.697. The van der Waals surface area contributed by atoms with E-state index in [1.54, 1.807) is 24.3 Å². The molecule has 2 aromatic rings. The molecule has 0 unspecified atom stereocenters. The van der Waals surface area contributed by atoms with Crippen molar-refractivity contribution in [3.8, 4) is 0 Å². The fourth-order valence-electron chi connectivity index (χ4n) is 2.35. The zero-order valence-electron chi connectivity index (χ0n) is 16.9. The minimum Gasteiger partial charge on any atom is -0.273 e.